The summed E-state index contributed by atoms with van der Waals surface area (Å²) in [5.41, 5.74) is 0.0199. The molecule has 1 aliphatic rings. The molecule has 8 heteroatoms. The van der Waals surface area contributed by atoms with E-state index in [1.54, 1.807) is 13.0 Å². The first-order valence-corrected chi connectivity index (χ1v) is 7.63. The molecule has 1 aromatic carbocycles. The highest BCUT2D eigenvalue weighted by Gasteiger charge is 2.39. The average molecular weight is 363 g/mol. The predicted octanol–water partition coefficient (Wildman–Crippen LogP) is 2.97. The lowest BCUT2D eigenvalue weighted by Gasteiger charge is -2.25. The third-order valence-corrected chi connectivity index (χ3v) is 4.63. The Balaban J connectivity index is 2.16. The summed E-state index contributed by atoms with van der Waals surface area (Å²) in [6.45, 7) is 1.74. The van der Waals surface area contributed by atoms with Crippen molar-refractivity contribution in [1.82, 2.24) is 4.90 Å². The van der Waals surface area contributed by atoms with Gasteiger partial charge in [0.25, 0.3) is 0 Å². The zero-order valence-electron chi connectivity index (χ0n) is 10.5. The largest absolute Gasteiger partial charge is 0.480 e. The predicted molar refractivity (Wildman–Crippen MR) is 78.3 cm³/mol. The zero-order valence-corrected chi connectivity index (χ0v) is 12.9. The van der Waals surface area contributed by atoms with E-state index in [0.717, 1.165) is 0 Å². The Morgan fingerprint density at radius 3 is 2.85 bits per heavy atom. The number of nitrogens with one attached hydrogen (secondary N) is 1. The summed E-state index contributed by atoms with van der Waals surface area (Å²) in [6.07, 6.45) is 0. The number of nitrogens with zero attached hydrogens (tertiary/aromatic N) is 1. The molecule has 1 aliphatic heterocycles. The highest BCUT2D eigenvalue weighted by Crippen LogP contribution is 2.30. The van der Waals surface area contributed by atoms with Gasteiger partial charge < -0.3 is 10.4 Å². The van der Waals surface area contributed by atoms with Crippen molar-refractivity contribution in [3.05, 3.63) is 28.5 Å². The molecule has 2 rings (SSSR count). The van der Waals surface area contributed by atoms with Gasteiger partial charge in [-0.2, -0.15) is 0 Å². The summed E-state index contributed by atoms with van der Waals surface area (Å²) in [6, 6.07) is 2.73. The number of hydrogen-bond acceptors (Lipinski definition) is 3. The number of carbonyl (C=O) groups excluding carboxylic acids is 1. The standard InChI is InChI=1S/C12H12BrFN2O3S/c1-6-16(10(5-20-6)11(17)18)12(19)15-9-3-2-7(13)4-8(9)14/h2-4,6,10H,5H2,1H3,(H,15,19)(H,17,18). The van der Waals surface area contributed by atoms with Crippen LogP contribution in [-0.4, -0.2) is 39.2 Å². The molecule has 1 aromatic rings. The van der Waals surface area contributed by atoms with E-state index in [1.165, 1.54) is 28.8 Å². The van der Waals surface area contributed by atoms with E-state index in [2.05, 4.69) is 21.2 Å². The van der Waals surface area contributed by atoms with E-state index in [-0.39, 0.29) is 11.1 Å². The Labute approximate surface area is 127 Å². The Morgan fingerprint density at radius 2 is 2.25 bits per heavy atom. The van der Waals surface area contributed by atoms with E-state index >= 15 is 0 Å². The van der Waals surface area contributed by atoms with Gasteiger partial charge in [-0.25, -0.2) is 14.0 Å². The maximum atomic E-state index is 13.7. The molecule has 108 valence electrons. The molecule has 2 amide bonds. The number of carboxylic acids is 1. The van der Waals surface area contributed by atoms with Crippen LogP contribution >= 0.6 is 27.7 Å². The van der Waals surface area contributed by atoms with Crippen molar-refractivity contribution in [3.8, 4) is 0 Å². The average Bonchev–Trinajstić information content (AvgIpc) is 2.75. The van der Waals surface area contributed by atoms with E-state index in [9.17, 15) is 14.0 Å². The van der Waals surface area contributed by atoms with Gasteiger partial charge in [0.05, 0.1) is 11.1 Å². The second kappa shape index (κ2) is 6.01. The smallest absolute Gasteiger partial charge is 0.327 e. The number of benzene rings is 1. The quantitative estimate of drug-likeness (QED) is 0.848. The number of halogens is 2. The number of urea groups is 1. The van der Waals surface area contributed by atoms with Gasteiger partial charge in [-0.15, -0.1) is 11.8 Å². The van der Waals surface area contributed by atoms with Gasteiger partial charge in [0, 0.05) is 10.2 Å². The molecule has 0 aromatic heterocycles. The van der Waals surface area contributed by atoms with Crippen molar-refractivity contribution >= 4 is 45.4 Å². The monoisotopic (exact) mass is 362 g/mol. The number of anilines is 1. The maximum Gasteiger partial charge on any atom is 0.327 e. The van der Waals surface area contributed by atoms with Gasteiger partial charge >= 0.3 is 12.0 Å². The maximum absolute atomic E-state index is 13.7. The minimum absolute atomic E-state index is 0.0199. The van der Waals surface area contributed by atoms with Gasteiger partial charge in [0.1, 0.15) is 11.9 Å². The fourth-order valence-corrected chi connectivity index (χ4v) is 3.41. The van der Waals surface area contributed by atoms with Crippen LogP contribution in [0.3, 0.4) is 0 Å². The lowest BCUT2D eigenvalue weighted by molar-refractivity contribution is -0.141. The van der Waals surface area contributed by atoms with E-state index in [4.69, 9.17) is 5.11 Å². The molecule has 0 aliphatic carbocycles. The fraction of sp³-hybridized carbons (Fsp3) is 0.333. The van der Waals surface area contributed by atoms with Gasteiger partial charge in [-0.1, -0.05) is 15.9 Å². The molecule has 2 unspecified atom stereocenters. The third-order valence-electron chi connectivity index (χ3n) is 2.92. The molecule has 2 atom stereocenters. The third kappa shape index (κ3) is 3.06. The molecule has 0 spiro atoms. The lowest BCUT2D eigenvalue weighted by atomic mass is 10.3. The molecule has 1 saturated heterocycles. The minimum Gasteiger partial charge on any atom is -0.480 e. The lowest BCUT2D eigenvalue weighted by Crippen LogP contribution is -2.46. The van der Waals surface area contributed by atoms with Crippen LogP contribution in [0.25, 0.3) is 0 Å². The van der Waals surface area contributed by atoms with Gasteiger partial charge in [0.2, 0.25) is 0 Å². The van der Waals surface area contributed by atoms with Crippen molar-refractivity contribution in [2.45, 2.75) is 18.3 Å². The first-order chi connectivity index (χ1) is 9.40. The van der Waals surface area contributed by atoms with Crippen LogP contribution in [0.5, 0.6) is 0 Å². The summed E-state index contributed by atoms with van der Waals surface area (Å²) in [5.74, 6) is -1.32. The number of rotatable bonds is 2. The number of carboxylic acid groups (broad SMARTS) is 1. The number of amides is 2. The molecule has 0 radical (unpaired) electrons. The van der Waals surface area contributed by atoms with Gasteiger partial charge in [-0.3, -0.25) is 4.90 Å². The SMILES string of the molecule is CC1SCC(C(=O)O)N1C(=O)Nc1ccc(Br)cc1F. The highest BCUT2D eigenvalue weighted by atomic mass is 79.9. The molecular weight excluding hydrogens is 351 g/mol. The molecule has 0 bridgehead atoms. The van der Waals surface area contributed by atoms with Crippen molar-refractivity contribution in [2.75, 3.05) is 11.1 Å². The van der Waals surface area contributed by atoms with Crippen LogP contribution in [0.15, 0.2) is 22.7 Å². The minimum atomic E-state index is -1.06. The zero-order chi connectivity index (χ0) is 14.9. The fourth-order valence-electron chi connectivity index (χ4n) is 1.91. The van der Waals surface area contributed by atoms with Crippen LogP contribution in [0.2, 0.25) is 0 Å². The number of carbonyl (C=O) groups is 2. The normalized spacial score (nSPS) is 21.9. The molecule has 2 N–H and O–H groups in total. The van der Waals surface area contributed by atoms with Crippen LogP contribution in [-0.2, 0) is 4.79 Å². The van der Waals surface area contributed by atoms with Crippen molar-refractivity contribution in [3.63, 3.8) is 0 Å². The summed E-state index contributed by atoms with van der Waals surface area (Å²) in [4.78, 5) is 24.5. The molecule has 1 fully saturated rings. The summed E-state index contributed by atoms with van der Waals surface area (Å²) in [5, 5.41) is 11.2. The first-order valence-electron chi connectivity index (χ1n) is 5.79. The second-order valence-electron chi connectivity index (χ2n) is 4.25. The van der Waals surface area contributed by atoms with Crippen LogP contribution in [0.1, 0.15) is 6.92 Å². The molecular formula is C12H12BrFN2O3S. The van der Waals surface area contributed by atoms with E-state index in [0.29, 0.717) is 10.2 Å². The van der Waals surface area contributed by atoms with Crippen LogP contribution < -0.4 is 5.32 Å². The Hall–Kier alpha value is -1.28. The number of aliphatic carboxylic acids is 1. The van der Waals surface area contributed by atoms with E-state index in [1.807, 2.05) is 0 Å². The summed E-state index contributed by atoms with van der Waals surface area (Å²) in [7, 11) is 0. The molecule has 0 saturated carbocycles. The number of hydrogen-bond donors (Lipinski definition) is 2. The topological polar surface area (TPSA) is 69.6 Å². The van der Waals surface area contributed by atoms with Crippen molar-refractivity contribution < 1.29 is 19.1 Å². The molecule has 1 heterocycles. The van der Waals surface area contributed by atoms with Gasteiger partial charge in [0.15, 0.2) is 0 Å². The Morgan fingerprint density at radius 1 is 1.55 bits per heavy atom. The van der Waals surface area contributed by atoms with Crippen LogP contribution in [0.4, 0.5) is 14.9 Å². The highest BCUT2D eigenvalue weighted by molar-refractivity contribution is 9.10. The van der Waals surface area contributed by atoms with Crippen molar-refractivity contribution in [2.24, 2.45) is 0 Å². The van der Waals surface area contributed by atoms with Gasteiger partial charge in [-0.05, 0) is 25.1 Å². The van der Waals surface area contributed by atoms with Crippen LogP contribution in [0, 0.1) is 5.82 Å². The van der Waals surface area contributed by atoms with E-state index < -0.39 is 23.9 Å². The number of thioether (sulfide) groups is 1. The Bertz CT molecular complexity index is 558. The first kappa shape index (κ1) is 15.1. The second-order valence-corrected chi connectivity index (χ2v) is 6.51. The summed E-state index contributed by atoms with van der Waals surface area (Å²) >= 11 is 4.49. The van der Waals surface area contributed by atoms with Crippen molar-refractivity contribution in [1.29, 1.82) is 0 Å². The Kier molecular flexibility index (Phi) is 4.54. The summed E-state index contributed by atoms with van der Waals surface area (Å²) < 4.78 is 14.2. The molecule has 20 heavy (non-hydrogen) atoms. The molecule has 5 nitrogen and oxygen atoms in total.